The lowest BCUT2D eigenvalue weighted by atomic mass is 10.1. The molecule has 2 rings (SSSR count). The molecule has 0 radical (unpaired) electrons. The summed E-state index contributed by atoms with van der Waals surface area (Å²) < 4.78 is 1.92. The molecule has 0 amide bonds. The van der Waals surface area contributed by atoms with E-state index in [0.717, 1.165) is 17.1 Å². The third kappa shape index (κ3) is 2.35. The standard InChI is InChI=1S/C13H16ClN3/c1-9-4-6-10(7-5-9)13-16-11(8-15-2)12(14)17(13)3/h4-7,15H,8H2,1-3H3. The van der Waals surface area contributed by atoms with E-state index in [2.05, 4.69) is 41.5 Å². The Morgan fingerprint density at radius 3 is 2.53 bits per heavy atom. The largest absolute Gasteiger partial charge is 0.318 e. The van der Waals surface area contributed by atoms with E-state index in [-0.39, 0.29) is 0 Å². The topological polar surface area (TPSA) is 29.9 Å². The van der Waals surface area contributed by atoms with Gasteiger partial charge in [0.2, 0.25) is 0 Å². The lowest BCUT2D eigenvalue weighted by Gasteiger charge is -2.02. The first kappa shape index (κ1) is 12.1. The number of aromatic nitrogens is 2. The number of nitrogens with zero attached hydrogens (tertiary/aromatic N) is 2. The first-order chi connectivity index (χ1) is 8.13. The van der Waals surface area contributed by atoms with Gasteiger partial charge in [-0.05, 0) is 14.0 Å². The normalized spacial score (nSPS) is 10.8. The van der Waals surface area contributed by atoms with Gasteiger partial charge in [-0.2, -0.15) is 0 Å². The Morgan fingerprint density at radius 1 is 1.29 bits per heavy atom. The van der Waals surface area contributed by atoms with Crippen LogP contribution in [0.1, 0.15) is 11.3 Å². The van der Waals surface area contributed by atoms with Crippen molar-refractivity contribution in [1.82, 2.24) is 14.9 Å². The quantitative estimate of drug-likeness (QED) is 0.907. The fraction of sp³-hybridized carbons (Fsp3) is 0.308. The molecule has 0 aliphatic heterocycles. The number of halogens is 1. The molecule has 90 valence electrons. The second-order valence-electron chi connectivity index (χ2n) is 4.13. The third-order valence-electron chi connectivity index (χ3n) is 2.75. The summed E-state index contributed by atoms with van der Waals surface area (Å²) in [7, 11) is 3.82. The van der Waals surface area contributed by atoms with Crippen molar-refractivity contribution in [3.63, 3.8) is 0 Å². The molecule has 1 aromatic carbocycles. The van der Waals surface area contributed by atoms with Crippen molar-refractivity contribution in [1.29, 1.82) is 0 Å². The number of benzene rings is 1. The van der Waals surface area contributed by atoms with Crippen LogP contribution >= 0.6 is 11.6 Å². The summed E-state index contributed by atoms with van der Waals surface area (Å²) in [4.78, 5) is 4.57. The Hall–Kier alpha value is -1.32. The van der Waals surface area contributed by atoms with Gasteiger partial charge < -0.3 is 9.88 Å². The Bertz CT molecular complexity index is 514. The zero-order chi connectivity index (χ0) is 12.4. The molecule has 0 spiro atoms. The number of imidazole rings is 1. The van der Waals surface area contributed by atoms with Gasteiger partial charge in [-0.15, -0.1) is 0 Å². The fourth-order valence-corrected chi connectivity index (χ4v) is 1.97. The lowest BCUT2D eigenvalue weighted by molar-refractivity contribution is 0.795. The van der Waals surface area contributed by atoms with Crippen molar-refractivity contribution < 1.29 is 0 Å². The Morgan fingerprint density at radius 2 is 1.94 bits per heavy atom. The van der Waals surface area contributed by atoms with Crippen molar-refractivity contribution in [2.75, 3.05) is 7.05 Å². The molecule has 1 heterocycles. The van der Waals surface area contributed by atoms with Crippen LogP contribution in [0.2, 0.25) is 5.15 Å². The molecule has 0 bridgehead atoms. The molecule has 0 aliphatic carbocycles. The Balaban J connectivity index is 2.45. The maximum atomic E-state index is 6.23. The maximum absolute atomic E-state index is 6.23. The Labute approximate surface area is 106 Å². The van der Waals surface area contributed by atoms with E-state index in [1.807, 2.05) is 18.7 Å². The van der Waals surface area contributed by atoms with Gasteiger partial charge in [0, 0.05) is 19.2 Å². The molecule has 4 heteroatoms. The molecule has 1 N–H and O–H groups in total. The first-order valence-electron chi connectivity index (χ1n) is 5.56. The minimum Gasteiger partial charge on any atom is -0.318 e. The molecule has 0 aliphatic rings. The first-order valence-corrected chi connectivity index (χ1v) is 5.94. The summed E-state index contributed by atoms with van der Waals surface area (Å²) in [5.74, 6) is 0.903. The Kier molecular flexibility index (Phi) is 3.50. The van der Waals surface area contributed by atoms with Gasteiger partial charge >= 0.3 is 0 Å². The van der Waals surface area contributed by atoms with Gasteiger partial charge in [-0.3, -0.25) is 0 Å². The van der Waals surface area contributed by atoms with Crippen LogP contribution in [-0.2, 0) is 13.6 Å². The van der Waals surface area contributed by atoms with E-state index < -0.39 is 0 Å². The molecular weight excluding hydrogens is 234 g/mol. The van der Waals surface area contributed by atoms with Crippen LogP contribution in [-0.4, -0.2) is 16.6 Å². The highest BCUT2D eigenvalue weighted by molar-refractivity contribution is 6.30. The van der Waals surface area contributed by atoms with Gasteiger partial charge in [0.1, 0.15) is 11.0 Å². The monoisotopic (exact) mass is 249 g/mol. The molecule has 3 nitrogen and oxygen atoms in total. The van der Waals surface area contributed by atoms with Crippen molar-refractivity contribution in [2.24, 2.45) is 7.05 Å². The molecule has 0 unspecified atom stereocenters. The molecule has 0 fully saturated rings. The van der Waals surface area contributed by atoms with Gasteiger partial charge in [-0.1, -0.05) is 41.4 Å². The zero-order valence-electron chi connectivity index (χ0n) is 10.3. The molecule has 0 atom stereocenters. The average molecular weight is 250 g/mol. The summed E-state index contributed by atoms with van der Waals surface area (Å²) >= 11 is 6.23. The number of aryl methyl sites for hydroxylation is 1. The average Bonchev–Trinajstić information content (AvgIpc) is 2.59. The van der Waals surface area contributed by atoms with Crippen LogP contribution in [0.25, 0.3) is 11.4 Å². The summed E-state index contributed by atoms with van der Waals surface area (Å²) in [5.41, 5.74) is 3.21. The molecular formula is C13H16ClN3. The van der Waals surface area contributed by atoms with Crippen molar-refractivity contribution in [3.8, 4) is 11.4 Å². The van der Waals surface area contributed by atoms with Crippen molar-refractivity contribution in [2.45, 2.75) is 13.5 Å². The SMILES string of the molecule is CNCc1nc(-c2ccc(C)cc2)n(C)c1Cl. The fourth-order valence-electron chi connectivity index (χ4n) is 1.78. The summed E-state index contributed by atoms with van der Waals surface area (Å²) in [5, 5.41) is 3.76. The second-order valence-corrected chi connectivity index (χ2v) is 4.49. The van der Waals surface area contributed by atoms with E-state index >= 15 is 0 Å². The van der Waals surface area contributed by atoms with E-state index in [1.54, 1.807) is 0 Å². The van der Waals surface area contributed by atoms with Crippen LogP contribution in [0.3, 0.4) is 0 Å². The lowest BCUT2D eigenvalue weighted by Crippen LogP contribution is -2.05. The molecule has 1 aromatic heterocycles. The number of nitrogens with one attached hydrogen (secondary N) is 1. The van der Waals surface area contributed by atoms with Crippen LogP contribution in [0.15, 0.2) is 24.3 Å². The number of rotatable bonds is 3. The summed E-state index contributed by atoms with van der Waals surface area (Å²) in [6.07, 6.45) is 0. The van der Waals surface area contributed by atoms with Crippen molar-refractivity contribution >= 4 is 11.6 Å². The van der Waals surface area contributed by atoms with E-state index in [4.69, 9.17) is 11.6 Å². The highest BCUT2D eigenvalue weighted by Crippen LogP contribution is 2.24. The molecule has 0 saturated heterocycles. The van der Waals surface area contributed by atoms with Gasteiger partial charge in [0.05, 0.1) is 5.69 Å². The molecule has 17 heavy (non-hydrogen) atoms. The summed E-state index contributed by atoms with van der Waals surface area (Å²) in [6.45, 7) is 2.75. The predicted molar refractivity (Wildman–Crippen MR) is 71.2 cm³/mol. The predicted octanol–water partition coefficient (Wildman–Crippen LogP) is 2.77. The summed E-state index contributed by atoms with van der Waals surface area (Å²) in [6, 6.07) is 8.29. The maximum Gasteiger partial charge on any atom is 0.141 e. The molecule has 2 aromatic rings. The number of hydrogen-bond donors (Lipinski definition) is 1. The van der Waals surface area contributed by atoms with Gasteiger partial charge in [-0.25, -0.2) is 4.98 Å². The minimum atomic E-state index is 0.679. The van der Waals surface area contributed by atoms with Crippen LogP contribution < -0.4 is 5.32 Å². The van der Waals surface area contributed by atoms with Gasteiger partial charge in [0.15, 0.2) is 0 Å². The van der Waals surface area contributed by atoms with E-state index in [0.29, 0.717) is 11.7 Å². The van der Waals surface area contributed by atoms with Gasteiger partial charge in [0.25, 0.3) is 0 Å². The van der Waals surface area contributed by atoms with E-state index in [1.165, 1.54) is 5.56 Å². The minimum absolute atomic E-state index is 0.679. The van der Waals surface area contributed by atoms with Crippen molar-refractivity contribution in [3.05, 3.63) is 40.7 Å². The zero-order valence-corrected chi connectivity index (χ0v) is 11.0. The van der Waals surface area contributed by atoms with Crippen LogP contribution in [0.4, 0.5) is 0 Å². The van der Waals surface area contributed by atoms with Crippen LogP contribution in [0.5, 0.6) is 0 Å². The smallest absolute Gasteiger partial charge is 0.141 e. The highest BCUT2D eigenvalue weighted by Gasteiger charge is 2.13. The third-order valence-corrected chi connectivity index (χ3v) is 3.22. The number of hydrogen-bond acceptors (Lipinski definition) is 2. The van der Waals surface area contributed by atoms with Crippen LogP contribution in [0, 0.1) is 6.92 Å². The second kappa shape index (κ2) is 4.90. The van der Waals surface area contributed by atoms with E-state index in [9.17, 15) is 0 Å². The highest BCUT2D eigenvalue weighted by atomic mass is 35.5. The molecule has 0 saturated carbocycles.